The molecule has 2 nitrogen and oxygen atoms in total. The number of halogens is 1. The average Bonchev–Trinajstić information content (AvgIpc) is 2.83. The van der Waals surface area contributed by atoms with Crippen molar-refractivity contribution in [1.29, 1.82) is 0 Å². The van der Waals surface area contributed by atoms with Crippen LogP contribution in [0.25, 0.3) is 5.57 Å². The highest BCUT2D eigenvalue weighted by atomic mass is 79.9. The molecule has 2 unspecified atom stereocenters. The first-order chi connectivity index (χ1) is 7.75. The monoisotopic (exact) mass is 278 g/mol. The summed E-state index contributed by atoms with van der Waals surface area (Å²) in [7, 11) is 0. The second kappa shape index (κ2) is 3.97. The van der Waals surface area contributed by atoms with Gasteiger partial charge in [-0.1, -0.05) is 6.08 Å². The van der Waals surface area contributed by atoms with Crippen LogP contribution >= 0.6 is 15.9 Å². The molecule has 1 aromatic rings. The summed E-state index contributed by atoms with van der Waals surface area (Å²) in [5.74, 6) is 0.818. The van der Waals surface area contributed by atoms with Gasteiger partial charge in [0.05, 0.1) is 0 Å². The summed E-state index contributed by atoms with van der Waals surface area (Å²) in [5, 5.41) is 3.59. The van der Waals surface area contributed by atoms with Crippen LogP contribution in [0.3, 0.4) is 0 Å². The van der Waals surface area contributed by atoms with Crippen molar-refractivity contribution in [2.75, 3.05) is 6.54 Å². The Labute approximate surface area is 104 Å². The normalized spacial score (nSPS) is 28.0. The molecule has 1 aliphatic heterocycles. The molecule has 1 fully saturated rings. The molecular weight excluding hydrogens is 264 g/mol. The van der Waals surface area contributed by atoms with Gasteiger partial charge in [-0.3, -0.25) is 0 Å². The molecule has 0 amide bonds. The first kappa shape index (κ1) is 10.5. The summed E-state index contributed by atoms with van der Waals surface area (Å²) in [6.45, 7) is 3.26. The summed E-state index contributed by atoms with van der Waals surface area (Å²) in [5.41, 5.74) is 3.94. The average molecular weight is 279 g/mol. The predicted molar refractivity (Wildman–Crippen MR) is 69.2 cm³/mol. The van der Waals surface area contributed by atoms with Crippen molar-refractivity contribution in [2.24, 2.45) is 5.92 Å². The highest BCUT2D eigenvalue weighted by Gasteiger charge is 2.33. The van der Waals surface area contributed by atoms with Crippen molar-refractivity contribution in [3.05, 3.63) is 34.1 Å². The number of hydrogen-bond acceptors (Lipinski definition) is 2. The van der Waals surface area contributed by atoms with Crippen LogP contribution in [-0.4, -0.2) is 17.6 Å². The molecule has 2 aliphatic rings. The molecule has 1 saturated heterocycles. The third-order valence-corrected chi connectivity index (χ3v) is 4.50. The number of allylic oxidation sites excluding steroid dienone is 1. The first-order valence-corrected chi connectivity index (χ1v) is 6.61. The lowest BCUT2D eigenvalue weighted by Crippen LogP contribution is -2.24. The second-order valence-corrected chi connectivity index (χ2v) is 5.46. The highest BCUT2D eigenvalue weighted by molar-refractivity contribution is 9.10. The Morgan fingerprint density at radius 1 is 1.50 bits per heavy atom. The minimum Gasteiger partial charge on any atom is -0.310 e. The third kappa shape index (κ3) is 1.62. The summed E-state index contributed by atoms with van der Waals surface area (Å²) >= 11 is 3.45. The zero-order valence-corrected chi connectivity index (χ0v) is 10.9. The highest BCUT2D eigenvalue weighted by Crippen LogP contribution is 2.37. The molecule has 1 N–H and O–H groups in total. The van der Waals surface area contributed by atoms with E-state index in [9.17, 15) is 0 Å². The van der Waals surface area contributed by atoms with Crippen LogP contribution in [0.4, 0.5) is 0 Å². The second-order valence-electron chi connectivity index (χ2n) is 4.71. The van der Waals surface area contributed by atoms with Crippen molar-refractivity contribution in [1.82, 2.24) is 10.3 Å². The fraction of sp³-hybridized carbons (Fsp3) is 0.462. The van der Waals surface area contributed by atoms with Gasteiger partial charge in [-0.15, -0.1) is 0 Å². The number of fused-ring (bicyclic) bond motifs is 1. The zero-order valence-electron chi connectivity index (χ0n) is 9.33. The minimum absolute atomic E-state index is 0.572. The smallest absolute Gasteiger partial charge is 0.109 e. The van der Waals surface area contributed by atoms with Gasteiger partial charge in [-0.05, 0) is 70.9 Å². The third-order valence-electron chi connectivity index (χ3n) is 3.67. The van der Waals surface area contributed by atoms with E-state index in [4.69, 9.17) is 0 Å². The predicted octanol–water partition coefficient (Wildman–Crippen LogP) is 2.92. The Bertz CT molecular complexity index is 453. The molecule has 0 saturated carbocycles. The standard InChI is InChI=1S/C13H15BrN2/c1-8-6-10(7-16-13(8)14)11-3-2-9-4-5-15-12(9)11/h3,6-7,9,12,15H,2,4-5H2,1H3. The van der Waals surface area contributed by atoms with Gasteiger partial charge < -0.3 is 5.32 Å². The Morgan fingerprint density at radius 2 is 2.38 bits per heavy atom. The minimum atomic E-state index is 0.572. The summed E-state index contributed by atoms with van der Waals surface area (Å²) < 4.78 is 0.950. The molecule has 1 aromatic heterocycles. The first-order valence-electron chi connectivity index (χ1n) is 5.81. The molecule has 1 aliphatic carbocycles. The molecule has 16 heavy (non-hydrogen) atoms. The van der Waals surface area contributed by atoms with Crippen LogP contribution < -0.4 is 5.32 Å². The van der Waals surface area contributed by atoms with Gasteiger partial charge in [-0.25, -0.2) is 4.98 Å². The molecular formula is C13H15BrN2. The van der Waals surface area contributed by atoms with Gasteiger partial charge in [-0.2, -0.15) is 0 Å². The largest absolute Gasteiger partial charge is 0.310 e. The van der Waals surface area contributed by atoms with E-state index >= 15 is 0 Å². The number of aromatic nitrogens is 1. The van der Waals surface area contributed by atoms with E-state index in [2.05, 4.69) is 45.3 Å². The van der Waals surface area contributed by atoms with Crippen LogP contribution in [0.5, 0.6) is 0 Å². The van der Waals surface area contributed by atoms with Crippen molar-refractivity contribution in [2.45, 2.75) is 25.8 Å². The van der Waals surface area contributed by atoms with E-state index < -0.39 is 0 Å². The van der Waals surface area contributed by atoms with Gasteiger partial charge in [0.1, 0.15) is 4.60 Å². The van der Waals surface area contributed by atoms with Crippen molar-refractivity contribution >= 4 is 21.5 Å². The van der Waals surface area contributed by atoms with Crippen LogP contribution in [0, 0.1) is 12.8 Å². The van der Waals surface area contributed by atoms with Crippen LogP contribution in [0.1, 0.15) is 24.0 Å². The summed E-state index contributed by atoms with van der Waals surface area (Å²) in [6.07, 6.45) is 6.90. The lowest BCUT2D eigenvalue weighted by molar-refractivity contribution is 0.557. The van der Waals surface area contributed by atoms with E-state index in [1.54, 1.807) is 0 Å². The van der Waals surface area contributed by atoms with Gasteiger partial charge in [0, 0.05) is 12.2 Å². The number of nitrogens with zero attached hydrogens (tertiary/aromatic N) is 1. The lowest BCUT2D eigenvalue weighted by Gasteiger charge is -2.15. The molecule has 2 heterocycles. The summed E-state index contributed by atoms with van der Waals surface area (Å²) in [4.78, 5) is 4.39. The Hall–Kier alpha value is -0.670. The van der Waals surface area contributed by atoms with E-state index in [1.165, 1.54) is 29.5 Å². The Balaban J connectivity index is 1.95. The van der Waals surface area contributed by atoms with Crippen molar-refractivity contribution in [3.8, 4) is 0 Å². The number of hydrogen-bond donors (Lipinski definition) is 1. The van der Waals surface area contributed by atoms with Crippen LogP contribution in [0.15, 0.2) is 22.9 Å². The maximum atomic E-state index is 4.39. The Morgan fingerprint density at radius 3 is 3.19 bits per heavy atom. The van der Waals surface area contributed by atoms with Gasteiger partial charge >= 0.3 is 0 Å². The maximum absolute atomic E-state index is 4.39. The number of pyridine rings is 1. The quantitative estimate of drug-likeness (QED) is 0.799. The number of nitrogens with one attached hydrogen (secondary N) is 1. The molecule has 0 radical (unpaired) electrons. The molecule has 0 bridgehead atoms. The van der Waals surface area contributed by atoms with E-state index in [1.807, 2.05) is 6.20 Å². The Kier molecular flexibility index (Phi) is 2.60. The zero-order chi connectivity index (χ0) is 11.1. The summed E-state index contributed by atoms with van der Waals surface area (Å²) in [6, 6.07) is 2.80. The number of rotatable bonds is 1. The molecule has 0 spiro atoms. The molecule has 3 heteroatoms. The molecule has 84 valence electrons. The fourth-order valence-electron chi connectivity index (χ4n) is 2.79. The molecule has 3 rings (SSSR count). The topological polar surface area (TPSA) is 24.9 Å². The van der Waals surface area contributed by atoms with Crippen molar-refractivity contribution in [3.63, 3.8) is 0 Å². The van der Waals surface area contributed by atoms with Gasteiger partial charge in [0.25, 0.3) is 0 Å². The van der Waals surface area contributed by atoms with Gasteiger partial charge in [0.15, 0.2) is 0 Å². The van der Waals surface area contributed by atoms with Crippen LogP contribution in [0.2, 0.25) is 0 Å². The van der Waals surface area contributed by atoms with E-state index in [0.717, 1.165) is 17.1 Å². The van der Waals surface area contributed by atoms with Crippen LogP contribution in [-0.2, 0) is 0 Å². The molecule has 0 aromatic carbocycles. The molecule has 2 atom stereocenters. The van der Waals surface area contributed by atoms with Gasteiger partial charge in [0.2, 0.25) is 0 Å². The SMILES string of the molecule is Cc1cc(C2=CCC3CCNC23)cnc1Br. The van der Waals surface area contributed by atoms with E-state index in [0.29, 0.717) is 6.04 Å². The lowest BCUT2D eigenvalue weighted by atomic mass is 9.97. The number of aryl methyl sites for hydroxylation is 1. The maximum Gasteiger partial charge on any atom is 0.109 e. The van der Waals surface area contributed by atoms with E-state index in [-0.39, 0.29) is 0 Å². The fourth-order valence-corrected chi connectivity index (χ4v) is 3.01. The van der Waals surface area contributed by atoms with Crippen molar-refractivity contribution < 1.29 is 0 Å².